The van der Waals surface area contributed by atoms with E-state index in [0.29, 0.717) is 5.41 Å². The van der Waals surface area contributed by atoms with E-state index >= 15 is 0 Å². The summed E-state index contributed by atoms with van der Waals surface area (Å²) in [5, 5.41) is 13.2. The van der Waals surface area contributed by atoms with Crippen LogP contribution >= 0.6 is 0 Å². The first-order valence-corrected chi connectivity index (χ1v) is 9.01. The Labute approximate surface area is 132 Å². The summed E-state index contributed by atoms with van der Waals surface area (Å²) in [6.45, 7) is 10.9. The standard InChI is InChI=1S/C18H38N2O/c1-16(2)13-19-14-18(10-7-5-6-8-11-18)15-20(4)12-9-17(3)21/h16-17,19,21H,5-15H2,1-4H3. The van der Waals surface area contributed by atoms with Gasteiger partial charge in [-0.1, -0.05) is 39.5 Å². The maximum absolute atomic E-state index is 9.48. The van der Waals surface area contributed by atoms with E-state index in [0.717, 1.165) is 32.0 Å². The fourth-order valence-corrected chi connectivity index (χ4v) is 3.55. The highest BCUT2D eigenvalue weighted by Crippen LogP contribution is 2.35. The van der Waals surface area contributed by atoms with Gasteiger partial charge in [-0.3, -0.25) is 0 Å². The van der Waals surface area contributed by atoms with E-state index in [4.69, 9.17) is 0 Å². The van der Waals surface area contributed by atoms with Crippen LogP contribution in [0.1, 0.15) is 65.7 Å². The molecule has 0 spiro atoms. The van der Waals surface area contributed by atoms with E-state index in [9.17, 15) is 5.11 Å². The van der Waals surface area contributed by atoms with Gasteiger partial charge in [0.2, 0.25) is 0 Å². The van der Waals surface area contributed by atoms with Crippen molar-refractivity contribution < 1.29 is 5.11 Å². The second-order valence-corrected chi connectivity index (χ2v) is 7.81. The molecule has 1 aliphatic rings. The first-order valence-electron chi connectivity index (χ1n) is 9.01. The first-order chi connectivity index (χ1) is 9.93. The Hall–Kier alpha value is -0.120. The summed E-state index contributed by atoms with van der Waals surface area (Å²) in [5.74, 6) is 0.723. The predicted octanol–water partition coefficient (Wildman–Crippen LogP) is 3.28. The number of nitrogens with one attached hydrogen (secondary N) is 1. The summed E-state index contributed by atoms with van der Waals surface area (Å²) in [6, 6.07) is 0. The molecule has 2 N–H and O–H groups in total. The Bertz CT molecular complexity index is 258. The number of hydrogen-bond acceptors (Lipinski definition) is 3. The zero-order valence-electron chi connectivity index (χ0n) is 14.8. The Kier molecular flexibility index (Phi) is 8.84. The molecule has 1 fully saturated rings. The van der Waals surface area contributed by atoms with Crippen molar-refractivity contribution in [1.82, 2.24) is 10.2 Å². The van der Waals surface area contributed by atoms with Crippen molar-refractivity contribution in [2.24, 2.45) is 11.3 Å². The van der Waals surface area contributed by atoms with Crippen LogP contribution in [0.5, 0.6) is 0 Å². The zero-order valence-corrected chi connectivity index (χ0v) is 14.8. The third kappa shape index (κ3) is 8.18. The smallest absolute Gasteiger partial charge is 0.0524 e. The fourth-order valence-electron chi connectivity index (χ4n) is 3.55. The normalized spacial score (nSPS) is 20.7. The summed E-state index contributed by atoms with van der Waals surface area (Å²) in [4.78, 5) is 2.44. The summed E-state index contributed by atoms with van der Waals surface area (Å²) in [7, 11) is 2.22. The lowest BCUT2D eigenvalue weighted by molar-refractivity contribution is 0.120. The van der Waals surface area contributed by atoms with Crippen LogP contribution in [-0.4, -0.2) is 49.3 Å². The van der Waals surface area contributed by atoms with E-state index in [-0.39, 0.29) is 6.10 Å². The van der Waals surface area contributed by atoms with E-state index in [1.165, 1.54) is 45.1 Å². The van der Waals surface area contributed by atoms with E-state index in [1.807, 2.05) is 6.92 Å². The van der Waals surface area contributed by atoms with Gasteiger partial charge in [0, 0.05) is 19.6 Å². The van der Waals surface area contributed by atoms with Crippen molar-refractivity contribution >= 4 is 0 Å². The highest BCUT2D eigenvalue weighted by molar-refractivity contribution is 4.86. The highest BCUT2D eigenvalue weighted by atomic mass is 16.3. The number of hydrogen-bond donors (Lipinski definition) is 2. The average Bonchev–Trinajstić information content (AvgIpc) is 2.62. The molecule has 0 bridgehead atoms. The lowest BCUT2D eigenvalue weighted by Gasteiger charge is -2.37. The van der Waals surface area contributed by atoms with Crippen LogP contribution in [0.3, 0.4) is 0 Å². The van der Waals surface area contributed by atoms with Gasteiger partial charge in [0.05, 0.1) is 6.10 Å². The molecule has 1 atom stereocenters. The molecule has 0 amide bonds. The lowest BCUT2D eigenvalue weighted by Crippen LogP contribution is -2.44. The van der Waals surface area contributed by atoms with Crippen LogP contribution in [0.2, 0.25) is 0 Å². The first kappa shape index (κ1) is 18.9. The summed E-state index contributed by atoms with van der Waals surface area (Å²) in [5.41, 5.74) is 0.443. The van der Waals surface area contributed by atoms with Gasteiger partial charge < -0.3 is 15.3 Å². The predicted molar refractivity (Wildman–Crippen MR) is 91.6 cm³/mol. The van der Waals surface area contributed by atoms with Gasteiger partial charge >= 0.3 is 0 Å². The second kappa shape index (κ2) is 9.81. The Balaban J connectivity index is 2.53. The summed E-state index contributed by atoms with van der Waals surface area (Å²) >= 11 is 0. The molecule has 21 heavy (non-hydrogen) atoms. The van der Waals surface area contributed by atoms with Crippen LogP contribution < -0.4 is 5.32 Å². The highest BCUT2D eigenvalue weighted by Gasteiger charge is 2.31. The van der Waals surface area contributed by atoms with Gasteiger partial charge in [-0.25, -0.2) is 0 Å². The average molecular weight is 299 g/mol. The molecule has 0 aliphatic heterocycles. The third-order valence-corrected chi connectivity index (χ3v) is 4.75. The largest absolute Gasteiger partial charge is 0.393 e. The van der Waals surface area contributed by atoms with Gasteiger partial charge in [0.1, 0.15) is 0 Å². The van der Waals surface area contributed by atoms with E-state index in [1.54, 1.807) is 0 Å². The molecular weight excluding hydrogens is 260 g/mol. The maximum Gasteiger partial charge on any atom is 0.0524 e. The third-order valence-electron chi connectivity index (χ3n) is 4.75. The molecule has 1 saturated carbocycles. The minimum Gasteiger partial charge on any atom is -0.393 e. The van der Waals surface area contributed by atoms with Gasteiger partial charge in [-0.05, 0) is 51.1 Å². The molecule has 0 aromatic heterocycles. The van der Waals surface area contributed by atoms with Crippen LogP contribution in [-0.2, 0) is 0 Å². The number of aliphatic hydroxyl groups excluding tert-OH is 1. The van der Waals surface area contributed by atoms with Gasteiger partial charge in [-0.2, -0.15) is 0 Å². The van der Waals surface area contributed by atoms with Crippen LogP contribution in [0, 0.1) is 11.3 Å². The lowest BCUT2D eigenvalue weighted by atomic mass is 9.79. The summed E-state index contributed by atoms with van der Waals surface area (Å²) in [6.07, 6.45) is 8.99. The molecule has 0 aromatic carbocycles. The van der Waals surface area contributed by atoms with Crippen molar-refractivity contribution in [3.8, 4) is 0 Å². The van der Waals surface area contributed by atoms with E-state index < -0.39 is 0 Å². The quantitative estimate of drug-likeness (QED) is 0.641. The number of aliphatic hydroxyl groups is 1. The molecule has 1 rings (SSSR count). The molecule has 1 unspecified atom stereocenters. The molecule has 0 radical (unpaired) electrons. The van der Waals surface area contributed by atoms with Gasteiger partial charge in [0.15, 0.2) is 0 Å². The molecular formula is C18H38N2O. The van der Waals surface area contributed by atoms with Crippen molar-refractivity contribution in [2.75, 3.05) is 33.2 Å². The minimum atomic E-state index is -0.184. The molecule has 1 aliphatic carbocycles. The SMILES string of the molecule is CC(C)CNCC1(CN(C)CCC(C)O)CCCCCC1. The molecule has 3 heteroatoms. The molecule has 126 valence electrons. The zero-order chi connectivity index (χ0) is 15.7. The van der Waals surface area contributed by atoms with Crippen molar-refractivity contribution in [3.63, 3.8) is 0 Å². The number of nitrogens with zero attached hydrogens (tertiary/aromatic N) is 1. The molecule has 0 saturated heterocycles. The monoisotopic (exact) mass is 298 g/mol. The van der Waals surface area contributed by atoms with Gasteiger partial charge in [0.25, 0.3) is 0 Å². The Morgan fingerprint density at radius 2 is 1.71 bits per heavy atom. The second-order valence-electron chi connectivity index (χ2n) is 7.81. The van der Waals surface area contributed by atoms with Gasteiger partial charge in [-0.15, -0.1) is 0 Å². The van der Waals surface area contributed by atoms with Crippen molar-refractivity contribution in [3.05, 3.63) is 0 Å². The molecule has 0 heterocycles. The summed E-state index contributed by atoms with van der Waals surface area (Å²) < 4.78 is 0. The Morgan fingerprint density at radius 1 is 1.10 bits per heavy atom. The minimum absolute atomic E-state index is 0.184. The number of rotatable bonds is 9. The Morgan fingerprint density at radius 3 is 2.24 bits per heavy atom. The molecule has 0 aromatic rings. The van der Waals surface area contributed by atoms with Crippen LogP contribution in [0.4, 0.5) is 0 Å². The maximum atomic E-state index is 9.48. The van der Waals surface area contributed by atoms with Crippen molar-refractivity contribution in [1.29, 1.82) is 0 Å². The van der Waals surface area contributed by atoms with Crippen molar-refractivity contribution in [2.45, 2.75) is 71.8 Å². The fraction of sp³-hybridized carbons (Fsp3) is 1.00. The molecule has 3 nitrogen and oxygen atoms in total. The topological polar surface area (TPSA) is 35.5 Å². The van der Waals surface area contributed by atoms with Crippen LogP contribution in [0.15, 0.2) is 0 Å². The van der Waals surface area contributed by atoms with Crippen LogP contribution in [0.25, 0.3) is 0 Å². The van der Waals surface area contributed by atoms with E-state index in [2.05, 4.69) is 31.1 Å².